The molecular formula is C14H26N2O. The zero-order valence-electron chi connectivity index (χ0n) is 11.2. The van der Waals surface area contributed by atoms with Crippen LogP contribution >= 0.6 is 0 Å². The van der Waals surface area contributed by atoms with Crippen molar-refractivity contribution in [2.75, 3.05) is 13.1 Å². The minimum atomic E-state index is 0.0190. The van der Waals surface area contributed by atoms with Crippen LogP contribution in [0.15, 0.2) is 0 Å². The van der Waals surface area contributed by atoms with Gasteiger partial charge < -0.3 is 10.6 Å². The van der Waals surface area contributed by atoms with E-state index >= 15 is 0 Å². The molecule has 1 aliphatic carbocycles. The summed E-state index contributed by atoms with van der Waals surface area (Å²) in [6, 6.07) is 0.324. The van der Waals surface area contributed by atoms with Gasteiger partial charge in [-0.05, 0) is 58.0 Å². The van der Waals surface area contributed by atoms with Crippen LogP contribution in [-0.2, 0) is 4.79 Å². The summed E-state index contributed by atoms with van der Waals surface area (Å²) in [6.45, 7) is 6.53. The van der Waals surface area contributed by atoms with Gasteiger partial charge in [-0.1, -0.05) is 13.3 Å². The van der Waals surface area contributed by atoms with Gasteiger partial charge in [-0.2, -0.15) is 0 Å². The van der Waals surface area contributed by atoms with E-state index in [0.29, 0.717) is 17.9 Å². The highest BCUT2D eigenvalue weighted by atomic mass is 16.2. The maximum atomic E-state index is 12.2. The van der Waals surface area contributed by atoms with Crippen molar-refractivity contribution >= 4 is 5.91 Å². The molecule has 98 valence electrons. The van der Waals surface area contributed by atoms with Crippen molar-refractivity contribution in [2.45, 2.75) is 58.4 Å². The smallest absolute Gasteiger partial charge is 0.226 e. The molecule has 1 saturated carbocycles. The Balaban J connectivity index is 1.81. The molecule has 1 aliphatic heterocycles. The van der Waals surface area contributed by atoms with Crippen LogP contribution in [0.1, 0.15) is 52.4 Å². The normalized spacial score (nSPS) is 28.5. The molecule has 1 heterocycles. The molecule has 0 bridgehead atoms. The molecule has 2 N–H and O–H groups in total. The molecule has 2 fully saturated rings. The van der Waals surface area contributed by atoms with Gasteiger partial charge in [0.2, 0.25) is 5.91 Å². The fourth-order valence-electron chi connectivity index (χ4n) is 3.00. The Morgan fingerprint density at radius 2 is 2.29 bits per heavy atom. The summed E-state index contributed by atoms with van der Waals surface area (Å²) in [4.78, 5) is 12.2. The average Bonchev–Trinajstić information content (AvgIpc) is 3.12. The molecule has 17 heavy (non-hydrogen) atoms. The summed E-state index contributed by atoms with van der Waals surface area (Å²) in [6.07, 6.45) is 6.87. The zero-order chi connectivity index (χ0) is 12.3. The number of carbonyl (C=O) groups excluding carboxylic acids is 1. The summed E-state index contributed by atoms with van der Waals surface area (Å²) in [5, 5.41) is 6.68. The van der Waals surface area contributed by atoms with Crippen molar-refractivity contribution in [1.82, 2.24) is 10.6 Å². The van der Waals surface area contributed by atoms with E-state index in [1.54, 1.807) is 0 Å². The van der Waals surface area contributed by atoms with Gasteiger partial charge in [0, 0.05) is 11.5 Å². The average molecular weight is 238 g/mol. The van der Waals surface area contributed by atoms with E-state index in [9.17, 15) is 4.79 Å². The van der Waals surface area contributed by atoms with Crippen molar-refractivity contribution in [3.8, 4) is 0 Å². The van der Waals surface area contributed by atoms with Crippen LogP contribution < -0.4 is 10.6 Å². The minimum Gasteiger partial charge on any atom is -0.353 e. The second-order valence-electron chi connectivity index (χ2n) is 5.90. The van der Waals surface area contributed by atoms with E-state index in [1.165, 1.54) is 12.8 Å². The second kappa shape index (κ2) is 5.38. The zero-order valence-corrected chi connectivity index (χ0v) is 11.2. The van der Waals surface area contributed by atoms with Crippen LogP contribution in [0, 0.1) is 11.3 Å². The number of piperidine rings is 1. The highest BCUT2D eigenvalue weighted by Crippen LogP contribution is 2.49. The highest BCUT2D eigenvalue weighted by molar-refractivity contribution is 5.85. The van der Waals surface area contributed by atoms with Crippen molar-refractivity contribution in [3.05, 3.63) is 0 Å². The Hall–Kier alpha value is -0.570. The number of rotatable bonds is 5. The van der Waals surface area contributed by atoms with Gasteiger partial charge in [-0.15, -0.1) is 0 Å². The summed E-state index contributed by atoms with van der Waals surface area (Å²) in [5.74, 6) is 0.933. The first-order valence-corrected chi connectivity index (χ1v) is 7.19. The van der Waals surface area contributed by atoms with E-state index in [2.05, 4.69) is 24.5 Å². The molecule has 0 aromatic rings. The molecular weight excluding hydrogens is 212 g/mol. The van der Waals surface area contributed by atoms with Crippen LogP contribution in [-0.4, -0.2) is 25.0 Å². The quantitative estimate of drug-likeness (QED) is 0.770. The maximum Gasteiger partial charge on any atom is 0.226 e. The third-order valence-corrected chi connectivity index (χ3v) is 4.46. The molecule has 0 aromatic carbocycles. The standard InChI is InChI=1S/C14H26N2O/c1-3-6-14(7-8-14)13(17)16-11(2)12-5-4-9-15-10-12/h11-12,15H,3-10H2,1-2H3,(H,16,17). The first-order valence-electron chi connectivity index (χ1n) is 7.19. The van der Waals surface area contributed by atoms with Gasteiger partial charge in [0.1, 0.15) is 0 Å². The SMILES string of the molecule is CCCC1(C(=O)NC(C)C2CCCNC2)CC1. The molecule has 3 heteroatoms. The fraction of sp³-hybridized carbons (Fsp3) is 0.929. The van der Waals surface area contributed by atoms with E-state index in [4.69, 9.17) is 0 Å². The molecule has 0 spiro atoms. The Bertz CT molecular complexity index is 267. The van der Waals surface area contributed by atoms with E-state index in [0.717, 1.165) is 38.8 Å². The monoisotopic (exact) mass is 238 g/mol. The van der Waals surface area contributed by atoms with Gasteiger partial charge in [0.15, 0.2) is 0 Å². The number of carbonyl (C=O) groups is 1. The predicted octanol–water partition coefficient (Wildman–Crippen LogP) is 2.07. The molecule has 0 radical (unpaired) electrons. The first kappa shape index (κ1) is 12.9. The third-order valence-electron chi connectivity index (χ3n) is 4.46. The lowest BCUT2D eigenvalue weighted by Gasteiger charge is -2.30. The predicted molar refractivity (Wildman–Crippen MR) is 69.8 cm³/mol. The lowest BCUT2D eigenvalue weighted by Crippen LogP contribution is -2.46. The number of nitrogens with one attached hydrogen (secondary N) is 2. The van der Waals surface area contributed by atoms with Crippen LogP contribution in [0.3, 0.4) is 0 Å². The molecule has 3 nitrogen and oxygen atoms in total. The summed E-state index contributed by atoms with van der Waals surface area (Å²) < 4.78 is 0. The second-order valence-corrected chi connectivity index (χ2v) is 5.90. The molecule has 2 aliphatic rings. The van der Waals surface area contributed by atoms with Gasteiger partial charge in [-0.3, -0.25) is 4.79 Å². The fourth-order valence-corrected chi connectivity index (χ4v) is 3.00. The van der Waals surface area contributed by atoms with Crippen molar-refractivity contribution < 1.29 is 4.79 Å². The van der Waals surface area contributed by atoms with Crippen LogP contribution in [0.25, 0.3) is 0 Å². The van der Waals surface area contributed by atoms with Crippen LogP contribution in [0.2, 0.25) is 0 Å². The van der Waals surface area contributed by atoms with E-state index < -0.39 is 0 Å². The van der Waals surface area contributed by atoms with Gasteiger partial charge in [-0.25, -0.2) is 0 Å². The minimum absolute atomic E-state index is 0.0190. The van der Waals surface area contributed by atoms with E-state index in [1.807, 2.05) is 0 Å². The van der Waals surface area contributed by atoms with Crippen LogP contribution in [0.5, 0.6) is 0 Å². The topological polar surface area (TPSA) is 41.1 Å². The number of hydrogen-bond donors (Lipinski definition) is 2. The molecule has 2 unspecified atom stereocenters. The van der Waals surface area contributed by atoms with Gasteiger partial charge in [0.05, 0.1) is 0 Å². The molecule has 0 aromatic heterocycles. The molecule has 2 rings (SSSR count). The highest BCUT2D eigenvalue weighted by Gasteiger charge is 2.49. The third kappa shape index (κ3) is 3.01. The van der Waals surface area contributed by atoms with Gasteiger partial charge in [0.25, 0.3) is 0 Å². The largest absolute Gasteiger partial charge is 0.353 e. The molecule has 1 saturated heterocycles. The number of hydrogen-bond acceptors (Lipinski definition) is 2. The Morgan fingerprint density at radius 1 is 1.53 bits per heavy atom. The summed E-state index contributed by atoms with van der Waals surface area (Å²) in [5.41, 5.74) is 0.0190. The lowest BCUT2D eigenvalue weighted by atomic mass is 9.91. The van der Waals surface area contributed by atoms with Gasteiger partial charge >= 0.3 is 0 Å². The maximum absolute atomic E-state index is 12.2. The first-order chi connectivity index (χ1) is 8.18. The molecule has 1 amide bonds. The van der Waals surface area contributed by atoms with Crippen molar-refractivity contribution in [1.29, 1.82) is 0 Å². The van der Waals surface area contributed by atoms with Crippen molar-refractivity contribution in [2.24, 2.45) is 11.3 Å². The molecule has 2 atom stereocenters. The van der Waals surface area contributed by atoms with E-state index in [-0.39, 0.29) is 5.41 Å². The van der Waals surface area contributed by atoms with Crippen LogP contribution in [0.4, 0.5) is 0 Å². The summed E-state index contributed by atoms with van der Waals surface area (Å²) >= 11 is 0. The summed E-state index contributed by atoms with van der Waals surface area (Å²) in [7, 11) is 0. The Kier molecular flexibility index (Phi) is 4.08. The number of amides is 1. The van der Waals surface area contributed by atoms with Crippen molar-refractivity contribution in [3.63, 3.8) is 0 Å². The Morgan fingerprint density at radius 3 is 2.82 bits per heavy atom. The Labute approximate surface area is 105 Å². The lowest BCUT2D eigenvalue weighted by molar-refractivity contribution is -0.127.